The lowest BCUT2D eigenvalue weighted by Crippen LogP contribution is -2.36. The molecule has 0 fully saturated rings. The largest absolute Gasteiger partial charge is 0.497 e. The average Bonchev–Trinajstić information content (AvgIpc) is 2.65. The Morgan fingerprint density at radius 2 is 1.81 bits per heavy atom. The van der Waals surface area contributed by atoms with Crippen molar-refractivity contribution in [1.29, 1.82) is 0 Å². The molecule has 0 aliphatic carbocycles. The lowest BCUT2D eigenvalue weighted by Gasteiger charge is -2.14. The lowest BCUT2D eigenvalue weighted by atomic mass is 10.2. The smallest absolute Gasteiger partial charge is 0.344 e. The lowest BCUT2D eigenvalue weighted by molar-refractivity contribution is -0.156. The second-order valence-corrected chi connectivity index (χ2v) is 6.41. The molecule has 1 amide bonds. The van der Waals surface area contributed by atoms with Gasteiger partial charge in [0.15, 0.2) is 12.7 Å². The highest BCUT2D eigenvalue weighted by Crippen LogP contribution is 2.27. The van der Waals surface area contributed by atoms with E-state index in [1.165, 1.54) is 13.0 Å². The first kappa shape index (κ1) is 20.9. The molecule has 6 nitrogen and oxygen atoms in total. The van der Waals surface area contributed by atoms with E-state index in [1.54, 1.807) is 31.4 Å². The van der Waals surface area contributed by atoms with Gasteiger partial charge in [-0.25, -0.2) is 4.79 Å². The van der Waals surface area contributed by atoms with Crippen molar-refractivity contribution in [2.45, 2.75) is 19.6 Å². The number of amides is 1. The topological polar surface area (TPSA) is 73.9 Å². The first-order chi connectivity index (χ1) is 12.9. The van der Waals surface area contributed by atoms with Gasteiger partial charge in [-0.1, -0.05) is 35.3 Å². The Morgan fingerprint density at radius 3 is 2.44 bits per heavy atom. The molecule has 0 aliphatic rings. The summed E-state index contributed by atoms with van der Waals surface area (Å²) in [5.41, 5.74) is 0.892. The van der Waals surface area contributed by atoms with E-state index in [0.29, 0.717) is 17.3 Å². The standard InChI is InChI=1S/C19H19Cl2NO5/c1-12(19(24)22-10-13-3-6-15(25-2)7-4-13)27-18(23)11-26-17-8-5-14(20)9-16(17)21/h3-9,12H,10-11H2,1-2H3,(H,22,24)/t12-/m1/s1. The zero-order valence-corrected chi connectivity index (χ0v) is 16.3. The number of carbonyl (C=O) groups excluding carboxylic acids is 2. The number of hydrogen-bond donors (Lipinski definition) is 1. The van der Waals surface area contributed by atoms with Crippen LogP contribution in [-0.4, -0.2) is 31.7 Å². The molecule has 0 heterocycles. The van der Waals surface area contributed by atoms with Crippen LogP contribution in [0.4, 0.5) is 0 Å². The molecule has 1 N–H and O–H groups in total. The summed E-state index contributed by atoms with van der Waals surface area (Å²) in [6.45, 7) is 1.41. The van der Waals surface area contributed by atoms with Crippen LogP contribution in [0.5, 0.6) is 11.5 Å². The van der Waals surface area contributed by atoms with E-state index < -0.39 is 18.0 Å². The molecule has 0 saturated carbocycles. The van der Waals surface area contributed by atoms with Gasteiger partial charge in [0.05, 0.1) is 12.1 Å². The fourth-order valence-corrected chi connectivity index (χ4v) is 2.55. The van der Waals surface area contributed by atoms with Crippen molar-refractivity contribution in [2.24, 2.45) is 0 Å². The van der Waals surface area contributed by atoms with Crippen molar-refractivity contribution in [1.82, 2.24) is 5.32 Å². The van der Waals surface area contributed by atoms with E-state index in [-0.39, 0.29) is 11.6 Å². The molecule has 8 heteroatoms. The first-order valence-electron chi connectivity index (χ1n) is 8.07. The summed E-state index contributed by atoms with van der Waals surface area (Å²) in [5.74, 6) is -0.0698. The van der Waals surface area contributed by atoms with Crippen LogP contribution in [0.3, 0.4) is 0 Å². The summed E-state index contributed by atoms with van der Waals surface area (Å²) in [6, 6.07) is 11.9. The summed E-state index contributed by atoms with van der Waals surface area (Å²) in [6.07, 6.45) is -0.958. The quantitative estimate of drug-likeness (QED) is 0.671. The summed E-state index contributed by atoms with van der Waals surface area (Å²) in [4.78, 5) is 23.9. The van der Waals surface area contributed by atoms with Crippen molar-refractivity contribution < 1.29 is 23.8 Å². The maximum atomic E-state index is 12.1. The Balaban J connectivity index is 1.76. The highest BCUT2D eigenvalue weighted by Gasteiger charge is 2.18. The van der Waals surface area contributed by atoms with Crippen LogP contribution in [0.2, 0.25) is 10.0 Å². The van der Waals surface area contributed by atoms with Gasteiger partial charge < -0.3 is 19.5 Å². The third kappa shape index (κ3) is 6.66. The number of halogens is 2. The van der Waals surface area contributed by atoms with Gasteiger partial charge >= 0.3 is 5.97 Å². The second-order valence-electron chi connectivity index (χ2n) is 5.56. The Labute approximate surface area is 167 Å². The predicted molar refractivity (Wildman–Crippen MR) is 102 cm³/mol. The first-order valence-corrected chi connectivity index (χ1v) is 8.82. The van der Waals surface area contributed by atoms with Crippen LogP contribution < -0.4 is 14.8 Å². The molecule has 1 atom stereocenters. The maximum Gasteiger partial charge on any atom is 0.344 e. The number of esters is 1. The fourth-order valence-electron chi connectivity index (χ4n) is 2.09. The maximum absolute atomic E-state index is 12.1. The Morgan fingerprint density at radius 1 is 1.11 bits per heavy atom. The third-order valence-electron chi connectivity index (χ3n) is 3.54. The van der Waals surface area contributed by atoms with Crippen LogP contribution in [0.1, 0.15) is 12.5 Å². The van der Waals surface area contributed by atoms with Crippen LogP contribution in [0.15, 0.2) is 42.5 Å². The summed E-state index contributed by atoms with van der Waals surface area (Å²) < 4.78 is 15.4. The number of methoxy groups -OCH3 is 1. The van der Waals surface area contributed by atoms with E-state index in [2.05, 4.69) is 5.32 Å². The zero-order valence-electron chi connectivity index (χ0n) is 14.8. The molecule has 0 aliphatic heterocycles. The number of rotatable bonds is 8. The van der Waals surface area contributed by atoms with Gasteiger partial charge in [0, 0.05) is 11.6 Å². The number of hydrogen-bond acceptors (Lipinski definition) is 5. The minimum atomic E-state index is -0.958. The Bertz CT molecular complexity index is 795. The summed E-state index contributed by atoms with van der Waals surface area (Å²) >= 11 is 11.7. The van der Waals surface area contributed by atoms with Gasteiger partial charge in [-0.3, -0.25) is 4.79 Å². The highest BCUT2D eigenvalue weighted by atomic mass is 35.5. The molecule has 0 bridgehead atoms. The molecule has 0 radical (unpaired) electrons. The molecule has 0 saturated heterocycles. The van der Waals surface area contributed by atoms with Crippen LogP contribution >= 0.6 is 23.2 Å². The van der Waals surface area contributed by atoms with E-state index in [4.69, 9.17) is 37.4 Å². The highest BCUT2D eigenvalue weighted by molar-refractivity contribution is 6.35. The van der Waals surface area contributed by atoms with Gasteiger partial charge in [0.2, 0.25) is 0 Å². The van der Waals surface area contributed by atoms with Crippen molar-refractivity contribution in [3.8, 4) is 11.5 Å². The van der Waals surface area contributed by atoms with Crippen molar-refractivity contribution in [3.05, 3.63) is 58.1 Å². The van der Waals surface area contributed by atoms with Crippen LogP contribution in [0, 0.1) is 0 Å². The van der Waals surface area contributed by atoms with Gasteiger partial charge in [0.1, 0.15) is 11.5 Å². The van der Waals surface area contributed by atoms with Crippen molar-refractivity contribution in [3.63, 3.8) is 0 Å². The van der Waals surface area contributed by atoms with Crippen LogP contribution in [0.25, 0.3) is 0 Å². The average molecular weight is 412 g/mol. The minimum Gasteiger partial charge on any atom is -0.497 e. The van der Waals surface area contributed by atoms with Gasteiger partial charge in [-0.05, 0) is 42.8 Å². The minimum absolute atomic E-state index is 0.278. The van der Waals surface area contributed by atoms with Gasteiger partial charge in [0.25, 0.3) is 5.91 Å². The van der Waals surface area contributed by atoms with Gasteiger partial charge in [-0.15, -0.1) is 0 Å². The molecular formula is C19H19Cl2NO5. The molecule has 0 spiro atoms. The summed E-state index contributed by atoms with van der Waals surface area (Å²) in [7, 11) is 1.58. The van der Waals surface area contributed by atoms with Crippen molar-refractivity contribution in [2.75, 3.05) is 13.7 Å². The number of nitrogens with one attached hydrogen (secondary N) is 1. The van der Waals surface area contributed by atoms with Crippen LogP contribution in [-0.2, 0) is 20.9 Å². The van der Waals surface area contributed by atoms with E-state index >= 15 is 0 Å². The molecule has 2 rings (SSSR count). The monoisotopic (exact) mass is 411 g/mol. The molecule has 2 aromatic rings. The number of benzene rings is 2. The molecular weight excluding hydrogens is 393 g/mol. The van der Waals surface area contributed by atoms with E-state index in [1.807, 2.05) is 12.1 Å². The zero-order chi connectivity index (χ0) is 19.8. The normalized spacial score (nSPS) is 11.4. The molecule has 144 valence electrons. The third-order valence-corrected chi connectivity index (χ3v) is 4.07. The molecule has 0 aromatic heterocycles. The van der Waals surface area contributed by atoms with E-state index in [9.17, 15) is 9.59 Å². The molecule has 0 unspecified atom stereocenters. The Hall–Kier alpha value is -2.44. The summed E-state index contributed by atoms with van der Waals surface area (Å²) in [5, 5.41) is 3.43. The van der Waals surface area contributed by atoms with Gasteiger partial charge in [-0.2, -0.15) is 0 Å². The molecule has 2 aromatic carbocycles. The SMILES string of the molecule is COc1ccc(CNC(=O)[C@@H](C)OC(=O)COc2ccc(Cl)cc2Cl)cc1. The van der Waals surface area contributed by atoms with E-state index in [0.717, 1.165) is 11.3 Å². The number of carbonyl (C=O) groups is 2. The number of ether oxygens (including phenoxy) is 3. The predicted octanol–water partition coefficient (Wildman–Crippen LogP) is 3.63. The Kier molecular flexibility index (Phi) is 7.76. The van der Waals surface area contributed by atoms with Crippen molar-refractivity contribution >= 4 is 35.1 Å². The second kappa shape index (κ2) is 10.0. The fraction of sp³-hybridized carbons (Fsp3) is 0.263. The molecule has 27 heavy (non-hydrogen) atoms.